The second-order valence-electron chi connectivity index (χ2n) is 8.39. The minimum absolute atomic E-state index is 0.172. The molecule has 3 aromatic rings. The molecule has 4 aliphatic rings. The summed E-state index contributed by atoms with van der Waals surface area (Å²) in [5.74, 6) is -1.86. The fourth-order valence-electron chi connectivity index (χ4n) is 6.01. The average molecular weight is 393 g/mol. The number of carbonyl (C=O) groups is 3. The Bertz CT molecular complexity index is 1170. The zero-order valence-electron chi connectivity index (χ0n) is 16.2. The summed E-state index contributed by atoms with van der Waals surface area (Å²) >= 11 is 0. The van der Waals surface area contributed by atoms with Crippen molar-refractivity contribution in [2.24, 2.45) is 11.8 Å². The van der Waals surface area contributed by atoms with E-state index in [1.54, 1.807) is 0 Å². The summed E-state index contributed by atoms with van der Waals surface area (Å²) in [6, 6.07) is 25.1. The molecule has 2 atom stereocenters. The Kier molecular flexibility index (Phi) is 3.46. The first kappa shape index (κ1) is 17.3. The minimum Gasteiger partial charge on any atom is -0.302 e. The van der Waals surface area contributed by atoms with Gasteiger partial charge in [0, 0.05) is 5.92 Å². The third-order valence-electron chi connectivity index (χ3n) is 7.14. The van der Waals surface area contributed by atoms with Gasteiger partial charge in [0.2, 0.25) is 11.8 Å². The van der Waals surface area contributed by atoms with Crippen molar-refractivity contribution in [3.63, 3.8) is 0 Å². The molecule has 0 spiro atoms. The lowest BCUT2D eigenvalue weighted by atomic mass is 9.48. The molecule has 146 valence electrons. The average Bonchev–Trinajstić information content (AvgIpc) is 3.05. The molecule has 2 amide bonds. The zero-order valence-corrected chi connectivity index (χ0v) is 16.2. The Morgan fingerprint density at radius 2 is 1.33 bits per heavy atom. The van der Waals surface area contributed by atoms with E-state index in [4.69, 9.17) is 0 Å². The molecule has 1 aliphatic heterocycles. The summed E-state index contributed by atoms with van der Waals surface area (Å²) in [6.45, 7) is 0.236. The maximum atomic E-state index is 13.7. The fourth-order valence-corrected chi connectivity index (χ4v) is 6.01. The van der Waals surface area contributed by atoms with Crippen LogP contribution in [0.2, 0.25) is 0 Å². The van der Waals surface area contributed by atoms with Gasteiger partial charge in [0.1, 0.15) is 6.29 Å². The number of amides is 2. The van der Waals surface area contributed by atoms with Gasteiger partial charge in [-0.25, -0.2) is 0 Å². The lowest BCUT2D eigenvalue weighted by molar-refractivity contribution is -0.141. The lowest BCUT2D eigenvalue weighted by Gasteiger charge is -2.51. The van der Waals surface area contributed by atoms with Crippen molar-refractivity contribution in [3.05, 3.63) is 107 Å². The largest absolute Gasteiger partial charge is 0.302 e. The second-order valence-corrected chi connectivity index (χ2v) is 8.39. The van der Waals surface area contributed by atoms with Crippen molar-refractivity contribution in [1.82, 2.24) is 4.90 Å². The number of benzene rings is 3. The minimum atomic E-state index is -1.12. The molecule has 3 aromatic carbocycles. The van der Waals surface area contributed by atoms with E-state index in [1.807, 2.05) is 78.9 Å². The maximum absolute atomic E-state index is 13.7. The molecular weight excluding hydrogens is 374 g/mol. The fraction of sp³-hybridized carbons (Fsp3) is 0.192. The molecule has 0 radical (unpaired) electrons. The van der Waals surface area contributed by atoms with Crippen LogP contribution in [0.4, 0.5) is 0 Å². The van der Waals surface area contributed by atoms with E-state index in [9.17, 15) is 14.4 Å². The quantitative estimate of drug-likeness (QED) is 0.506. The van der Waals surface area contributed by atoms with Gasteiger partial charge in [-0.15, -0.1) is 0 Å². The van der Waals surface area contributed by atoms with Crippen LogP contribution in [0.25, 0.3) is 0 Å². The van der Waals surface area contributed by atoms with Crippen molar-refractivity contribution in [1.29, 1.82) is 0 Å². The van der Waals surface area contributed by atoms with Crippen LogP contribution in [0.3, 0.4) is 0 Å². The molecule has 30 heavy (non-hydrogen) atoms. The molecule has 2 bridgehead atoms. The highest BCUT2D eigenvalue weighted by Gasteiger charge is 2.68. The molecule has 4 nitrogen and oxygen atoms in total. The van der Waals surface area contributed by atoms with E-state index in [0.717, 1.165) is 34.1 Å². The van der Waals surface area contributed by atoms with E-state index in [-0.39, 0.29) is 24.3 Å². The Labute approximate surface area is 174 Å². The topological polar surface area (TPSA) is 54.5 Å². The van der Waals surface area contributed by atoms with Gasteiger partial charge in [-0.05, 0) is 27.8 Å². The molecule has 7 rings (SSSR count). The van der Waals surface area contributed by atoms with Gasteiger partial charge in [0.15, 0.2) is 0 Å². The predicted molar refractivity (Wildman–Crippen MR) is 111 cm³/mol. The number of imide groups is 1. The smallest absolute Gasteiger partial charge is 0.235 e. The van der Waals surface area contributed by atoms with Crippen LogP contribution in [0, 0.1) is 11.8 Å². The van der Waals surface area contributed by atoms with Gasteiger partial charge in [-0.2, -0.15) is 0 Å². The van der Waals surface area contributed by atoms with Gasteiger partial charge < -0.3 is 4.79 Å². The van der Waals surface area contributed by atoms with Crippen molar-refractivity contribution < 1.29 is 14.4 Å². The van der Waals surface area contributed by atoms with Crippen molar-refractivity contribution in [2.75, 3.05) is 0 Å². The van der Waals surface area contributed by atoms with Crippen LogP contribution in [0.15, 0.2) is 78.9 Å². The second kappa shape index (κ2) is 5.99. The Morgan fingerprint density at radius 3 is 1.93 bits per heavy atom. The highest BCUT2D eigenvalue weighted by Crippen LogP contribution is 2.63. The van der Waals surface area contributed by atoms with Crippen LogP contribution in [0.5, 0.6) is 0 Å². The molecule has 0 N–H and O–H groups in total. The van der Waals surface area contributed by atoms with Gasteiger partial charge in [0.05, 0.1) is 23.8 Å². The molecule has 3 aliphatic carbocycles. The summed E-state index contributed by atoms with van der Waals surface area (Å²) in [5.41, 5.74) is 3.50. The molecule has 0 unspecified atom stereocenters. The Balaban J connectivity index is 1.58. The highest BCUT2D eigenvalue weighted by atomic mass is 16.2. The predicted octanol–water partition coefficient (Wildman–Crippen LogP) is 3.43. The molecule has 4 heteroatoms. The van der Waals surface area contributed by atoms with Crippen LogP contribution < -0.4 is 0 Å². The van der Waals surface area contributed by atoms with Crippen LogP contribution >= 0.6 is 0 Å². The van der Waals surface area contributed by atoms with E-state index < -0.39 is 17.3 Å². The Hall–Kier alpha value is -3.53. The molecule has 1 fully saturated rings. The van der Waals surface area contributed by atoms with Crippen LogP contribution in [-0.4, -0.2) is 23.0 Å². The van der Waals surface area contributed by atoms with Crippen molar-refractivity contribution in [3.8, 4) is 0 Å². The number of likely N-dealkylation sites (tertiary alicyclic amines) is 1. The maximum Gasteiger partial charge on any atom is 0.235 e. The van der Waals surface area contributed by atoms with Gasteiger partial charge >= 0.3 is 0 Å². The van der Waals surface area contributed by atoms with Crippen LogP contribution in [0.1, 0.15) is 33.7 Å². The number of aldehydes is 1. The standard InChI is InChI=1S/C26H19NO3/c28-15-26-19-12-6-4-10-17(19)21(18-11-5-7-13-20(18)26)22-23(26)25(30)27(24(22)29)14-16-8-2-1-3-9-16/h1-13,15,21-23H,14H2/t21?,22-,23+,26?/m0/s1. The number of nitrogens with zero attached hydrogens (tertiary/aromatic N) is 1. The monoisotopic (exact) mass is 393 g/mol. The number of rotatable bonds is 3. The van der Waals surface area contributed by atoms with E-state index in [0.29, 0.717) is 0 Å². The van der Waals surface area contributed by atoms with Crippen LogP contribution in [-0.2, 0) is 26.3 Å². The number of hydrogen-bond donors (Lipinski definition) is 0. The summed E-state index contributed by atoms with van der Waals surface area (Å²) in [6.07, 6.45) is 0.912. The lowest BCUT2D eigenvalue weighted by Crippen LogP contribution is -2.54. The highest BCUT2D eigenvalue weighted by molar-refractivity contribution is 6.10. The molecule has 0 saturated carbocycles. The first-order chi connectivity index (χ1) is 14.7. The summed E-state index contributed by atoms with van der Waals surface area (Å²) < 4.78 is 0. The zero-order chi connectivity index (χ0) is 20.5. The molecule has 1 heterocycles. The van der Waals surface area contributed by atoms with E-state index >= 15 is 0 Å². The Morgan fingerprint density at radius 1 is 0.767 bits per heavy atom. The summed E-state index contributed by atoms with van der Waals surface area (Å²) in [7, 11) is 0. The number of hydrogen-bond acceptors (Lipinski definition) is 3. The van der Waals surface area contributed by atoms with E-state index in [2.05, 4.69) is 0 Å². The first-order valence-electron chi connectivity index (χ1n) is 10.2. The van der Waals surface area contributed by atoms with Gasteiger partial charge in [0.25, 0.3) is 0 Å². The third-order valence-corrected chi connectivity index (χ3v) is 7.14. The SMILES string of the molecule is O=CC12c3ccccc3C(c3ccccc31)[C@@H]1C(=O)N(Cc3ccccc3)C(=O)[C@@H]12. The van der Waals surface area contributed by atoms with Crippen molar-refractivity contribution in [2.45, 2.75) is 17.9 Å². The van der Waals surface area contributed by atoms with E-state index in [1.165, 1.54) is 4.90 Å². The first-order valence-corrected chi connectivity index (χ1v) is 10.2. The normalized spacial score (nSPS) is 28.1. The summed E-state index contributed by atoms with van der Waals surface area (Å²) in [5, 5.41) is 0. The van der Waals surface area contributed by atoms with Gasteiger partial charge in [-0.1, -0.05) is 78.9 Å². The molecular formula is C26H19NO3. The van der Waals surface area contributed by atoms with Crippen molar-refractivity contribution >= 4 is 18.1 Å². The number of carbonyl (C=O) groups excluding carboxylic acids is 3. The third kappa shape index (κ3) is 1.93. The van der Waals surface area contributed by atoms with Gasteiger partial charge in [-0.3, -0.25) is 14.5 Å². The summed E-state index contributed by atoms with van der Waals surface area (Å²) in [4.78, 5) is 41.5. The molecule has 0 aromatic heterocycles. The molecule has 1 saturated heterocycles.